The third kappa shape index (κ3) is 3.03. The molecular formula is C14H13ClN2OS. The molecule has 2 aromatic rings. The van der Waals surface area contributed by atoms with Crippen LogP contribution in [0.4, 0.5) is 0 Å². The van der Waals surface area contributed by atoms with E-state index in [1.807, 2.05) is 43.3 Å². The highest BCUT2D eigenvalue weighted by molar-refractivity contribution is 7.99. The van der Waals surface area contributed by atoms with Gasteiger partial charge >= 0.3 is 0 Å². The van der Waals surface area contributed by atoms with Crippen LogP contribution in [0.15, 0.2) is 57.4 Å². The molecule has 0 heterocycles. The molecule has 2 rings (SSSR count). The van der Waals surface area contributed by atoms with Crippen molar-refractivity contribution in [3.8, 4) is 0 Å². The zero-order valence-corrected chi connectivity index (χ0v) is 11.9. The van der Waals surface area contributed by atoms with Gasteiger partial charge in [0.05, 0.1) is 10.6 Å². The molecule has 5 heteroatoms. The van der Waals surface area contributed by atoms with E-state index in [4.69, 9.17) is 22.5 Å². The topological polar surface area (TPSA) is 58.6 Å². The monoisotopic (exact) mass is 292 g/mol. The van der Waals surface area contributed by atoms with Crippen molar-refractivity contribution in [1.29, 1.82) is 0 Å². The first-order valence-electron chi connectivity index (χ1n) is 5.63. The van der Waals surface area contributed by atoms with Gasteiger partial charge in [-0.3, -0.25) is 0 Å². The van der Waals surface area contributed by atoms with Gasteiger partial charge in [0.2, 0.25) is 0 Å². The second kappa shape index (κ2) is 5.99. The van der Waals surface area contributed by atoms with Gasteiger partial charge in [-0.1, -0.05) is 52.8 Å². The number of benzene rings is 2. The van der Waals surface area contributed by atoms with E-state index in [-0.39, 0.29) is 5.84 Å². The molecule has 3 N–H and O–H groups in total. The zero-order chi connectivity index (χ0) is 13.8. The minimum absolute atomic E-state index is 0.0154. The van der Waals surface area contributed by atoms with Crippen LogP contribution in [0.25, 0.3) is 0 Å². The summed E-state index contributed by atoms with van der Waals surface area (Å²) in [6.45, 7) is 2.04. The Labute approximate surface area is 121 Å². The fraction of sp³-hybridized carbons (Fsp3) is 0.0714. The number of amidine groups is 1. The molecular weight excluding hydrogens is 280 g/mol. The van der Waals surface area contributed by atoms with E-state index in [1.54, 1.807) is 17.8 Å². The van der Waals surface area contributed by atoms with Crippen LogP contribution in [-0.2, 0) is 0 Å². The molecule has 0 saturated carbocycles. The Morgan fingerprint density at radius 2 is 1.84 bits per heavy atom. The summed E-state index contributed by atoms with van der Waals surface area (Å²) in [6, 6.07) is 13.5. The SMILES string of the molecule is Cc1ccccc1Sc1cccc(Cl)c1C(N)=NO. The second-order valence-corrected chi connectivity index (χ2v) is 5.46. The minimum Gasteiger partial charge on any atom is -0.409 e. The summed E-state index contributed by atoms with van der Waals surface area (Å²) in [5.41, 5.74) is 7.41. The number of hydrogen-bond acceptors (Lipinski definition) is 3. The fourth-order valence-corrected chi connectivity index (χ4v) is 3.08. The van der Waals surface area contributed by atoms with Gasteiger partial charge < -0.3 is 10.9 Å². The number of hydrogen-bond donors (Lipinski definition) is 2. The van der Waals surface area contributed by atoms with Gasteiger partial charge in [-0.2, -0.15) is 0 Å². The number of oxime groups is 1. The van der Waals surface area contributed by atoms with Gasteiger partial charge in [0.1, 0.15) is 0 Å². The Morgan fingerprint density at radius 3 is 2.53 bits per heavy atom. The van der Waals surface area contributed by atoms with E-state index < -0.39 is 0 Å². The molecule has 0 unspecified atom stereocenters. The molecule has 98 valence electrons. The summed E-state index contributed by atoms with van der Waals surface area (Å²) < 4.78 is 0. The van der Waals surface area contributed by atoms with Crippen LogP contribution >= 0.6 is 23.4 Å². The third-order valence-corrected chi connectivity index (χ3v) is 4.21. The van der Waals surface area contributed by atoms with Gasteiger partial charge in [0.15, 0.2) is 5.84 Å². The van der Waals surface area contributed by atoms with Crippen LogP contribution in [0.3, 0.4) is 0 Å². The third-order valence-electron chi connectivity index (χ3n) is 2.65. The van der Waals surface area contributed by atoms with E-state index in [9.17, 15) is 0 Å². The van der Waals surface area contributed by atoms with Crippen LogP contribution in [0.5, 0.6) is 0 Å². The van der Waals surface area contributed by atoms with E-state index in [0.717, 1.165) is 15.4 Å². The lowest BCUT2D eigenvalue weighted by Crippen LogP contribution is -2.14. The fourth-order valence-electron chi connectivity index (χ4n) is 1.68. The van der Waals surface area contributed by atoms with Crippen molar-refractivity contribution in [1.82, 2.24) is 0 Å². The first kappa shape index (κ1) is 13.8. The number of rotatable bonds is 3. The van der Waals surface area contributed by atoms with Crippen molar-refractivity contribution >= 4 is 29.2 Å². The van der Waals surface area contributed by atoms with Crippen molar-refractivity contribution in [2.45, 2.75) is 16.7 Å². The lowest BCUT2D eigenvalue weighted by Gasteiger charge is -2.11. The van der Waals surface area contributed by atoms with Crippen LogP contribution in [0, 0.1) is 6.92 Å². The van der Waals surface area contributed by atoms with Crippen LogP contribution in [0.1, 0.15) is 11.1 Å². The highest BCUT2D eigenvalue weighted by Gasteiger charge is 2.13. The number of aryl methyl sites for hydroxylation is 1. The van der Waals surface area contributed by atoms with Crippen molar-refractivity contribution in [3.63, 3.8) is 0 Å². The molecule has 0 spiro atoms. The number of halogens is 1. The van der Waals surface area contributed by atoms with Gasteiger partial charge in [0.25, 0.3) is 0 Å². The maximum Gasteiger partial charge on any atom is 0.172 e. The van der Waals surface area contributed by atoms with Crippen molar-refractivity contribution < 1.29 is 5.21 Å². The Balaban J connectivity index is 2.47. The summed E-state index contributed by atoms with van der Waals surface area (Å²) in [5, 5.41) is 12.4. The van der Waals surface area contributed by atoms with Crippen molar-refractivity contribution in [3.05, 3.63) is 58.6 Å². The molecule has 0 aromatic heterocycles. The molecule has 0 bridgehead atoms. The van der Waals surface area contributed by atoms with Crippen LogP contribution in [0.2, 0.25) is 5.02 Å². The van der Waals surface area contributed by atoms with E-state index in [0.29, 0.717) is 10.6 Å². The average Bonchev–Trinajstić information content (AvgIpc) is 2.41. The highest BCUT2D eigenvalue weighted by atomic mass is 35.5. The number of nitrogens with zero attached hydrogens (tertiary/aromatic N) is 1. The van der Waals surface area contributed by atoms with E-state index >= 15 is 0 Å². The maximum atomic E-state index is 8.85. The molecule has 0 radical (unpaired) electrons. The van der Waals surface area contributed by atoms with Gasteiger partial charge in [-0.25, -0.2) is 0 Å². The van der Waals surface area contributed by atoms with Gasteiger partial charge in [-0.05, 0) is 30.7 Å². The second-order valence-electron chi connectivity index (χ2n) is 3.97. The molecule has 0 fully saturated rings. The molecule has 19 heavy (non-hydrogen) atoms. The summed E-state index contributed by atoms with van der Waals surface area (Å²) in [5.74, 6) is 0.0154. The molecule has 0 aliphatic heterocycles. The smallest absolute Gasteiger partial charge is 0.172 e. The Bertz CT molecular complexity index is 629. The summed E-state index contributed by atoms with van der Waals surface area (Å²) in [7, 11) is 0. The Hall–Kier alpha value is -1.65. The lowest BCUT2D eigenvalue weighted by atomic mass is 10.2. The molecule has 0 atom stereocenters. The summed E-state index contributed by atoms with van der Waals surface area (Å²) in [6.07, 6.45) is 0. The van der Waals surface area contributed by atoms with Gasteiger partial charge in [-0.15, -0.1) is 0 Å². The maximum absolute atomic E-state index is 8.85. The standard InChI is InChI=1S/C14H13ClN2OS/c1-9-5-2-3-7-11(9)19-12-8-4-6-10(15)13(12)14(16)17-18/h2-8,18H,1H3,(H2,16,17). The first-order valence-corrected chi connectivity index (χ1v) is 6.83. The van der Waals surface area contributed by atoms with Crippen molar-refractivity contribution in [2.24, 2.45) is 10.9 Å². The minimum atomic E-state index is 0.0154. The molecule has 0 aliphatic rings. The quantitative estimate of drug-likeness (QED) is 0.390. The average molecular weight is 293 g/mol. The number of nitrogens with two attached hydrogens (primary N) is 1. The Morgan fingerprint density at radius 1 is 1.16 bits per heavy atom. The molecule has 0 amide bonds. The summed E-state index contributed by atoms with van der Waals surface area (Å²) in [4.78, 5) is 1.97. The molecule has 0 aliphatic carbocycles. The van der Waals surface area contributed by atoms with Crippen LogP contribution in [-0.4, -0.2) is 11.0 Å². The van der Waals surface area contributed by atoms with Crippen molar-refractivity contribution in [2.75, 3.05) is 0 Å². The van der Waals surface area contributed by atoms with Gasteiger partial charge in [0, 0.05) is 9.79 Å². The van der Waals surface area contributed by atoms with Crippen LogP contribution < -0.4 is 5.73 Å². The highest BCUT2D eigenvalue weighted by Crippen LogP contribution is 2.35. The van der Waals surface area contributed by atoms with E-state index in [1.165, 1.54) is 0 Å². The normalized spacial score (nSPS) is 11.6. The largest absolute Gasteiger partial charge is 0.409 e. The zero-order valence-electron chi connectivity index (χ0n) is 10.3. The predicted octanol–water partition coefficient (Wildman–Crippen LogP) is 3.89. The van der Waals surface area contributed by atoms with E-state index in [2.05, 4.69) is 5.16 Å². The summed E-state index contributed by atoms with van der Waals surface area (Å²) >= 11 is 7.67. The Kier molecular flexibility index (Phi) is 4.35. The molecule has 2 aromatic carbocycles. The first-order chi connectivity index (χ1) is 9.13. The molecule has 3 nitrogen and oxygen atoms in total. The lowest BCUT2D eigenvalue weighted by molar-refractivity contribution is 0.318. The molecule has 0 saturated heterocycles. The predicted molar refractivity (Wildman–Crippen MR) is 79.3 cm³/mol.